The number of nitrogens with two attached hydrogens (primary N) is 1. The molecule has 0 fully saturated rings. The lowest BCUT2D eigenvalue weighted by Gasteiger charge is -2.25. The number of likely N-dealkylation sites (N-methyl/N-ethyl adjacent to an activating group) is 1. The summed E-state index contributed by atoms with van der Waals surface area (Å²) in [5.74, 6) is -0.0912. The topological polar surface area (TPSA) is 92.5 Å². The van der Waals surface area contributed by atoms with Crippen LogP contribution in [-0.4, -0.2) is 32.3 Å². The van der Waals surface area contributed by atoms with E-state index < -0.39 is 10.0 Å². The molecule has 0 radical (unpaired) electrons. The normalized spacial score (nSPS) is 14.0. The average molecular weight is 375 g/mol. The van der Waals surface area contributed by atoms with E-state index in [1.165, 1.54) is 12.1 Å². The zero-order valence-corrected chi connectivity index (χ0v) is 16.0. The fourth-order valence-electron chi connectivity index (χ4n) is 2.57. The Morgan fingerprint density at radius 3 is 2.19 bits per heavy atom. The number of rotatable bonds is 7. The second-order valence-electron chi connectivity index (χ2n) is 6.42. The van der Waals surface area contributed by atoms with Gasteiger partial charge < -0.3 is 5.32 Å². The van der Waals surface area contributed by atoms with E-state index in [0.29, 0.717) is 6.54 Å². The van der Waals surface area contributed by atoms with Gasteiger partial charge in [0.1, 0.15) is 0 Å². The van der Waals surface area contributed by atoms with Gasteiger partial charge in [-0.15, -0.1) is 0 Å². The van der Waals surface area contributed by atoms with Gasteiger partial charge in [0, 0.05) is 6.54 Å². The van der Waals surface area contributed by atoms with Gasteiger partial charge in [0.15, 0.2) is 0 Å². The minimum absolute atomic E-state index is 0.0516. The Morgan fingerprint density at radius 1 is 1.08 bits per heavy atom. The molecule has 2 atom stereocenters. The van der Waals surface area contributed by atoms with E-state index in [2.05, 4.69) is 5.32 Å². The van der Waals surface area contributed by atoms with Crippen LogP contribution in [0.1, 0.15) is 31.0 Å². The second kappa shape index (κ2) is 8.44. The van der Waals surface area contributed by atoms with E-state index in [9.17, 15) is 13.2 Å². The maximum Gasteiger partial charge on any atom is 0.238 e. The van der Waals surface area contributed by atoms with Crippen LogP contribution in [0.4, 0.5) is 0 Å². The molecule has 0 saturated carbocycles. The fraction of sp³-hybridized carbons (Fsp3) is 0.316. The Bertz CT molecular complexity index is 836. The van der Waals surface area contributed by atoms with Crippen LogP contribution in [0, 0.1) is 0 Å². The summed E-state index contributed by atoms with van der Waals surface area (Å²) in [5.41, 5.74) is 1.95. The average Bonchev–Trinajstić information content (AvgIpc) is 2.61. The fourth-order valence-corrected chi connectivity index (χ4v) is 3.09. The molecule has 1 amide bonds. The zero-order valence-electron chi connectivity index (χ0n) is 15.2. The lowest BCUT2D eigenvalue weighted by atomic mass is 10.1. The first-order valence-electron chi connectivity index (χ1n) is 8.36. The number of sulfonamides is 1. The van der Waals surface area contributed by atoms with E-state index in [1.54, 1.807) is 12.1 Å². The first-order chi connectivity index (χ1) is 12.2. The number of amides is 1. The summed E-state index contributed by atoms with van der Waals surface area (Å²) in [6.07, 6.45) is 0. The van der Waals surface area contributed by atoms with Crippen LogP contribution in [0.15, 0.2) is 59.5 Å². The van der Waals surface area contributed by atoms with Gasteiger partial charge >= 0.3 is 0 Å². The van der Waals surface area contributed by atoms with Crippen molar-refractivity contribution in [3.05, 3.63) is 65.7 Å². The number of hydrogen-bond acceptors (Lipinski definition) is 4. The minimum atomic E-state index is -3.72. The van der Waals surface area contributed by atoms with Crippen LogP contribution in [0.5, 0.6) is 0 Å². The largest absolute Gasteiger partial charge is 0.348 e. The van der Waals surface area contributed by atoms with E-state index in [0.717, 1.165) is 11.1 Å². The first kappa shape index (κ1) is 20.1. The second-order valence-corrected chi connectivity index (χ2v) is 7.98. The van der Waals surface area contributed by atoms with Crippen LogP contribution in [0.2, 0.25) is 0 Å². The van der Waals surface area contributed by atoms with Crippen molar-refractivity contribution in [1.82, 2.24) is 10.2 Å². The molecule has 0 saturated heterocycles. The molecule has 0 aliphatic heterocycles. The number of carbonyl (C=O) groups is 1. The van der Waals surface area contributed by atoms with Crippen molar-refractivity contribution in [2.75, 3.05) is 7.05 Å². The number of carbonyl (C=O) groups excluding carboxylic acids is 1. The third kappa shape index (κ3) is 5.39. The van der Waals surface area contributed by atoms with Gasteiger partial charge in [0.25, 0.3) is 0 Å². The van der Waals surface area contributed by atoms with Crippen molar-refractivity contribution in [2.24, 2.45) is 5.14 Å². The quantitative estimate of drug-likeness (QED) is 0.774. The molecule has 0 bridgehead atoms. The van der Waals surface area contributed by atoms with Crippen LogP contribution in [-0.2, 0) is 21.4 Å². The number of nitrogens with one attached hydrogen (secondary N) is 1. The third-order valence-electron chi connectivity index (χ3n) is 4.38. The minimum Gasteiger partial charge on any atom is -0.348 e. The van der Waals surface area contributed by atoms with Gasteiger partial charge in [-0.2, -0.15) is 0 Å². The Balaban J connectivity index is 1.97. The summed E-state index contributed by atoms with van der Waals surface area (Å²) in [7, 11) is -1.81. The van der Waals surface area contributed by atoms with E-state index in [4.69, 9.17) is 5.14 Å². The molecular weight excluding hydrogens is 350 g/mol. The molecule has 140 valence electrons. The molecular formula is C19H25N3O3S. The molecule has 0 aliphatic rings. The molecule has 6 nitrogen and oxygen atoms in total. The van der Waals surface area contributed by atoms with Gasteiger partial charge in [-0.25, -0.2) is 13.6 Å². The molecule has 2 rings (SSSR count). The van der Waals surface area contributed by atoms with Crippen molar-refractivity contribution in [2.45, 2.75) is 37.4 Å². The summed E-state index contributed by atoms with van der Waals surface area (Å²) < 4.78 is 22.6. The molecule has 2 aromatic rings. The highest BCUT2D eigenvalue weighted by atomic mass is 32.2. The van der Waals surface area contributed by atoms with Crippen LogP contribution in [0.3, 0.4) is 0 Å². The maximum atomic E-state index is 12.5. The summed E-state index contributed by atoms with van der Waals surface area (Å²) in [6.45, 7) is 4.38. The highest BCUT2D eigenvalue weighted by Gasteiger charge is 2.20. The van der Waals surface area contributed by atoms with E-state index in [1.807, 2.05) is 56.1 Å². The molecule has 3 N–H and O–H groups in total. The van der Waals surface area contributed by atoms with Crippen LogP contribution >= 0.6 is 0 Å². The van der Waals surface area contributed by atoms with Crippen molar-refractivity contribution in [3.8, 4) is 0 Å². The van der Waals surface area contributed by atoms with Crippen molar-refractivity contribution < 1.29 is 13.2 Å². The molecule has 2 aromatic carbocycles. The number of primary sulfonamides is 1. The van der Waals surface area contributed by atoms with Crippen LogP contribution in [0.25, 0.3) is 0 Å². The van der Waals surface area contributed by atoms with Gasteiger partial charge in [0.2, 0.25) is 15.9 Å². The lowest BCUT2D eigenvalue weighted by molar-refractivity contribution is -0.126. The molecule has 7 heteroatoms. The van der Waals surface area contributed by atoms with Gasteiger partial charge in [-0.3, -0.25) is 9.69 Å². The summed E-state index contributed by atoms with van der Waals surface area (Å²) >= 11 is 0. The number of nitrogens with zero attached hydrogens (tertiary/aromatic N) is 1. The van der Waals surface area contributed by atoms with Crippen molar-refractivity contribution >= 4 is 15.9 Å². The SMILES string of the molecule is C[C@H](NC(=O)[C@@H](C)N(C)Cc1ccccc1)c1ccc(S(N)(=O)=O)cc1. The Kier molecular flexibility index (Phi) is 6.52. The third-order valence-corrected chi connectivity index (χ3v) is 5.31. The first-order valence-corrected chi connectivity index (χ1v) is 9.90. The monoisotopic (exact) mass is 375 g/mol. The highest BCUT2D eigenvalue weighted by Crippen LogP contribution is 2.16. The smallest absolute Gasteiger partial charge is 0.238 e. The Morgan fingerprint density at radius 2 is 1.65 bits per heavy atom. The van der Waals surface area contributed by atoms with Crippen molar-refractivity contribution in [3.63, 3.8) is 0 Å². The standard InChI is InChI=1S/C19H25N3O3S/c1-14(17-9-11-18(12-10-17)26(20,24)25)21-19(23)15(2)22(3)13-16-7-5-4-6-8-16/h4-12,14-15H,13H2,1-3H3,(H,21,23)(H2,20,24,25)/t14-,15+/m0/s1. The molecule has 0 aliphatic carbocycles. The van der Waals surface area contributed by atoms with Gasteiger partial charge in [-0.05, 0) is 44.2 Å². The van der Waals surface area contributed by atoms with E-state index >= 15 is 0 Å². The predicted octanol–water partition coefficient (Wildman–Crippen LogP) is 2.03. The lowest BCUT2D eigenvalue weighted by Crippen LogP contribution is -2.43. The molecule has 26 heavy (non-hydrogen) atoms. The zero-order chi connectivity index (χ0) is 19.3. The Labute approximate surface area is 155 Å². The van der Waals surface area contributed by atoms with E-state index in [-0.39, 0.29) is 22.9 Å². The molecule has 0 unspecified atom stereocenters. The maximum absolute atomic E-state index is 12.5. The molecule has 0 aromatic heterocycles. The summed E-state index contributed by atoms with van der Waals surface area (Å²) in [4.78, 5) is 14.5. The highest BCUT2D eigenvalue weighted by molar-refractivity contribution is 7.89. The Hall–Kier alpha value is -2.22. The number of hydrogen-bond donors (Lipinski definition) is 2. The predicted molar refractivity (Wildman–Crippen MR) is 102 cm³/mol. The van der Waals surface area contributed by atoms with Crippen LogP contribution < -0.4 is 10.5 Å². The molecule has 0 spiro atoms. The van der Waals surface area contributed by atoms with Gasteiger partial charge in [0.05, 0.1) is 17.0 Å². The van der Waals surface area contributed by atoms with Crippen molar-refractivity contribution in [1.29, 1.82) is 0 Å². The molecule has 0 heterocycles. The summed E-state index contributed by atoms with van der Waals surface area (Å²) in [6, 6.07) is 15.6. The van der Waals surface area contributed by atoms with Gasteiger partial charge in [-0.1, -0.05) is 42.5 Å². The summed E-state index contributed by atoms with van der Waals surface area (Å²) in [5, 5.41) is 8.06. The number of benzene rings is 2.